The van der Waals surface area contributed by atoms with E-state index in [1.807, 2.05) is 0 Å². The first kappa shape index (κ1) is 11.2. The number of hydrogen-bond donors (Lipinski definition) is 1. The summed E-state index contributed by atoms with van der Waals surface area (Å²) in [6.45, 7) is 0. The smallest absolute Gasteiger partial charge is 0.744 e. The Bertz CT molecular complexity index is 279. The molecular formula is C3H3CsN2O3S. The normalized spacial score (nSPS) is 10.5. The quantitative estimate of drug-likeness (QED) is 0.537. The van der Waals surface area contributed by atoms with Crippen LogP contribution in [0.3, 0.4) is 0 Å². The van der Waals surface area contributed by atoms with Crippen molar-refractivity contribution in [2.24, 2.45) is 0 Å². The summed E-state index contributed by atoms with van der Waals surface area (Å²) in [6.07, 6.45) is 1.99. The molecule has 0 fully saturated rings. The van der Waals surface area contributed by atoms with E-state index in [0.717, 1.165) is 12.4 Å². The van der Waals surface area contributed by atoms with Crippen molar-refractivity contribution < 1.29 is 81.9 Å². The van der Waals surface area contributed by atoms with Gasteiger partial charge in [0.25, 0.3) is 0 Å². The average Bonchev–Trinajstić information content (AvgIpc) is 2.08. The van der Waals surface area contributed by atoms with E-state index < -0.39 is 10.1 Å². The Morgan fingerprint density at radius 2 is 2.20 bits per heavy atom. The van der Waals surface area contributed by atoms with Crippen LogP contribution < -0.4 is 68.9 Å². The molecule has 10 heavy (non-hydrogen) atoms. The Kier molecular flexibility index (Phi) is 4.76. The molecule has 0 aromatic carbocycles. The Morgan fingerprint density at radius 1 is 1.60 bits per heavy atom. The van der Waals surface area contributed by atoms with Gasteiger partial charge in [0, 0.05) is 6.20 Å². The second-order valence-corrected chi connectivity index (χ2v) is 2.77. The zero-order valence-electron chi connectivity index (χ0n) is 5.23. The van der Waals surface area contributed by atoms with Crippen LogP contribution in [0, 0.1) is 0 Å². The monoisotopic (exact) mass is 280 g/mol. The summed E-state index contributed by atoms with van der Waals surface area (Å²) in [5.74, 6) is 0. The minimum absolute atomic E-state index is 0. The van der Waals surface area contributed by atoms with Gasteiger partial charge in [-0.15, -0.1) is 0 Å². The molecule has 0 atom stereocenters. The summed E-state index contributed by atoms with van der Waals surface area (Å²) in [7, 11) is -4.30. The molecule has 0 aliphatic rings. The largest absolute Gasteiger partial charge is 1.00 e. The van der Waals surface area contributed by atoms with E-state index in [9.17, 15) is 13.0 Å². The van der Waals surface area contributed by atoms with Crippen molar-refractivity contribution in [1.29, 1.82) is 0 Å². The molecule has 0 saturated carbocycles. The number of nitrogens with zero attached hydrogens (tertiary/aromatic N) is 1. The maximum Gasteiger partial charge on any atom is 1.00 e. The Morgan fingerprint density at radius 3 is 2.40 bits per heavy atom. The zero-order chi connectivity index (χ0) is 6.91. The van der Waals surface area contributed by atoms with E-state index in [0.29, 0.717) is 0 Å². The van der Waals surface area contributed by atoms with Crippen molar-refractivity contribution in [3.63, 3.8) is 0 Å². The number of aromatic amines is 1. The molecule has 1 N–H and O–H groups in total. The molecule has 0 radical (unpaired) electrons. The summed E-state index contributed by atoms with van der Waals surface area (Å²) in [6, 6.07) is 0. The van der Waals surface area contributed by atoms with Crippen molar-refractivity contribution >= 4 is 10.1 Å². The molecule has 50 valence electrons. The summed E-state index contributed by atoms with van der Waals surface area (Å²) in [5, 5.41) is 5.49. The van der Waals surface area contributed by atoms with Gasteiger partial charge in [-0.05, 0) is 0 Å². The molecule has 0 saturated heterocycles. The molecule has 0 unspecified atom stereocenters. The van der Waals surface area contributed by atoms with Gasteiger partial charge in [-0.2, -0.15) is 5.10 Å². The van der Waals surface area contributed by atoms with E-state index >= 15 is 0 Å². The Hall–Kier alpha value is 1.17. The van der Waals surface area contributed by atoms with Crippen LogP contribution in [0.2, 0.25) is 0 Å². The van der Waals surface area contributed by atoms with Crippen molar-refractivity contribution in [2.75, 3.05) is 0 Å². The van der Waals surface area contributed by atoms with Gasteiger partial charge in [0.05, 0.1) is 11.1 Å². The van der Waals surface area contributed by atoms with E-state index in [1.165, 1.54) is 0 Å². The molecule has 0 amide bonds. The average molecular weight is 280 g/mol. The van der Waals surface area contributed by atoms with Gasteiger partial charge in [0.15, 0.2) is 0 Å². The van der Waals surface area contributed by atoms with Crippen LogP contribution in [0.15, 0.2) is 17.3 Å². The van der Waals surface area contributed by atoms with Crippen molar-refractivity contribution in [3.8, 4) is 0 Å². The molecule has 0 aliphatic heterocycles. The molecule has 0 spiro atoms. The topological polar surface area (TPSA) is 85.9 Å². The summed E-state index contributed by atoms with van der Waals surface area (Å²) in [4.78, 5) is -0.331. The van der Waals surface area contributed by atoms with Gasteiger partial charge < -0.3 is 4.55 Å². The molecule has 1 aromatic rings. The van der Waals surface area contributed by atoms with Crippen LogP contribution >= 0.6 is 0 Å². The Balaban J connectivity index is 0.000000810. The molecule has 0 bridgehead atoms. The van der Waals surface area contributed by atoms with E-state index in [-0.39, 0.29) is 73.8 Å². The number of nitrogens with one attached hydrogen (secondary N) is 1. The number of hydrogen-bond acceptors (Lipinski definition) is 4. The van der Waals surface area contributed by atoms with Crippen LogP contribution in [0.25, 0.3) is 0 Å². The first-order valence-electron chi connectivity index (χ1n) is 2.05. The maximum atomic E-state index is 10.1. The van der Waals surface area contributed by atoms with Crippen molar-refractivity contribution in [2.45, 2.75) is 4.90 Å². The van der Waals surface area contributed by atoms with Crippen molar-refractivity contribution in [3.05, 3.63) is 12.4 Å². The van der Waals surface area contributed by atoms with E-state index in [2.05, 4.69) is 10.2 Å². The second-order valence-electron chi connectivity index (χ2n) is 1.39. The fourth-order valence-corrected chi connectivity index (χ4v) is 0.755. The maximum absolute atomic E-state index is 10.1. The number of aromatic nitrogens is 2. The molecule has 7 heteroatoms. The third kappa shape index (κ3) is 3.05. The molecular weight excluding hydrogens is 277 g/mol. The van der Waals surface area contributed by atoms with Gasteiger partial charge in [-0.25, -0.2) is 8.42 Å². The predicted octanol–water partition coefficient (Wildman–Crippen LogP) is -3.68. The van der Waals surface area contributed by atoms with Gasteiger partial charge in [-0.3, -0.25) is 5.10 Å². The summed E-state index contributed by atoms with van der Waals surface area (Å²) in [5.41, 5.74) is 0. The van der Waals surface area contributed by atoms with Crippen LogP contribution in [0.5, 0.6) is 0 Å². The Labute approximate surface area is 117 Å². The summed E-state index contributed by atoms with van der Waals surface area (Å²) >= 11 is 0. The van der Waals surface area contributed by atoms with Crippen LogP contribution in [0.4, 0.5) is 0 Å². The van der Waals surface area contributed by atoms with Gasteiger partial charge in [0.2, 0.25) is 0 Å². The minimum atomic E-state index is -4.30. The molecule has 1 heterocycles. The SMILES string of the molecule is O=S(=O)([O-])c1cn[nH]c1.[Cs+]. The minimum Gasteiger partial charge on any atom is -0.744 e. The third-order valence-corrected chi connectivity index (χ3v) is 1.56. The van der Waals surface area contributed by atoms with Crippen LogP contribution in [-0.4, -0.2) is 23.2 Å². The second kappa shape index (κ2) is 4.26. The fourth-order valence-electron chi connectivity index (χ4n) is 0.376. The number of H-pyrrole nitrogens is 1. The van der Waals surface area contributed by atoms with Crippen LogP contribution in [-0.2, 0) is 10.1 Å². The zero-order valence-corrected chi connectivity index (χ0v) is 12.3. The fraction of sp³-hybridized carbons (Fsp3) is 0. The standard InChI is InChI=1S/C3H4N2O3S.Cs/c6-9(7,8)3-1-4-5-2-3;/h1-2H,(H,4,5)(H,6,7,8);/q;+1/p-1. The first-order valence-corrected chi connectivity index (χ1v) is 3.46. The van der Waals surface area contributed by atoms with Gasteiger partial charge in [0.1, 0.15) is 10.1 Å². The molecule has 1 aromatic heterocycles. The van der Waals surface area contributed by atoms with Crippen LogP contribution in [0.1, 0.15) is 0 Å². The van der Waals surface area contributed by atoms with Gasteiger partial charge >= 0.3 is 68.9 Å². The molecule has 1 rings (SSSR count). The predicted molar refractivity (Wildman–Crippen MR) is 26.6 cm³/mol. The van der Waals surface area contributed by atoms with Crippen molar-refractivity contribution in [1.82, 2.24) is 10.2 Å². The number of rotatable bonds is 1. The molecule has 5 nitrogen and oxygen atoms in total. The first-order chi connectivity index (χ1) is 4.11. The van der Waals surface area contributed by atoms with E-state index in [4.69, 9.17) is 0 Å². The third-order valence-electron chi connectivity index (χ3n) is 0.762. The van der Waals surface area contributed by atoms with E-state index in [1.54, 1.807) is 0 Å². The van der Waals surface area contributed by atoms with Gasteiger partial charge in [-0.1, -0.05) is 0 Å². The molecule has 0 aliphatic carbocycles. The summed E-state index contributed by atoms with van der Waals surface area (Å²) < 4.78 is 30.2.